The predicted octanol–water partition coefficient (Wildman–Crippen LogP) is 6.19. The van der Waals surface area contributed by atoms with Gasteiger partial charge in [0.05, 0.1) is 0 Å². The first-order chi connectivity index (χ1) is 12.1. The molecule has 25 heavy (non-hydrogen) atoms. The van der Waals surface area contributed by atoms with Gasteiger partial charge in [0.25, 0.3) is 5.91 Å². The second-order valence-corrected chi connectivity index (χ2v) is 7.87. The zero-order chi connectivity index (χ0) is 18.4. The Morgan fingerprint density at radius 3 is 2.56 bits per heavy atom. The van der Waals surface area contributed by atoms with Crippen LogP contribution in [0.1, 0.15) is 101 Å². The molecule has 1 aromatic rings. The molecule has 1 heterocycles. The van der Waals surface area contributed by atoms with Gasteiger partial charge in [0.15, 0.2) is 0 Å². The topological polar surface area (TPSA) is 20.3 Å². The average Bonchev–Trinajstić information content (AvgIpc) is 2.61. The third-order valence-corrected chi connectivity index (χ3v) is 5.73. The Hall–Kier alpha value is -1.31. The van der Waals surface area contributed by atoms with Crippen molar-refractivity contribution in [3.63, 3.8) is 0 Å². The number of carbonyl (C=O) groups is 1. The highest BCUT2D eigenvalue weighted by molar-refractivity contribution is 5.97. The number of amides is 1. The summed E-state index contributed by atoms with van der Waals surface area (Å²) in [6.07, 6.45) is 8.38. The fourth-order valence-electron chi connectivity index (χ4n) is 4.70. The first-order valence-electron chi connectivity index (χ1n) is 10.5. The van der Waals surface area contributed by atoms with Crippen molar-refractivity contribution in [2.24, 2.45) is 5.92 Å². The summed E-state index contributed by atoms with van der Waals surface area (Å²) in [4.78, 5) is 15.3. The Labute approximate surface area is 155 Å². The van der Waals surface area contributed by atoms with Gasteiger partial charge in [-0.15, -0.1) is 0 Å². The molecule has 0 saturated carbocycles. The molecule has 1 amide bonds. The van der Waals surface area contributed by atoms with Crippen molar-refractivity contribution in [1.29, 1.82) is 0 Å². The minimum atomic E-state index is 0.282. The number of benzene rings is 1. The van der Waals surface area contributed by atoms with Crippen molar-refractivity contribution >= 4 is 5.91 Å². The van der Waals surface area contributed by atoms with Crippen molar-refractivity contribution in [1.82, 2.24) is 4.90 Å². The molecular weight excluding hydrogens is 306 g/mol. The molecule has 140 valence electrons. The fourth-order valence-corrected chi connectivity index (χ4v) is 4.70. The van der Waals surface area contributed by atoms with Gasteiger partial charge in [-0.1, -0.05) is 59.6 Å². The van der Waals surface area contributed by atoms with Crippen LogP contribution in [-0.2, 0) is 6.42 Å². The lowest BCUT2D eigenvalue weighted by molar-refractivity contribution is 0.0544. The van der Waals surface area contributed by atoms with E-state index in [4.69, 9.17) is 0 Å². The van der Waals surface area contributed by atoms with Gasteiger partial charge in [0.2, 0.25) is 0 Å². The molecule has 0 saturated heterocycles. The Morgan fingerprint density at radius 2 is 1.92 bits per heavy atom. The highest BCUT2D eigenvalue weighted by atomic mass is 16.2. The van der Waals surface area contributed by atoms with Gasteiger partial charge in [-0.05, 0) is 55.2 Å². The van der Waals surface area contributed by atoms with Gasteiger partial charge < -0.3 is 4.90 Å². The number of rotatable bonds is 5. The molecule has 3 unspecified atom stereocenters. The van der Waals surface area contributed by atoms with Crippen molar-refractivity contribution in [2.75, 3.05) is 6.54 Å². The quantitative estimate of drug-likeness (QED) is 0.624. The molecule has 1 aliphatic carbocycles. The highest BCUT2D eigenvalue weighted by Gasteiger charge is 2.38. The zero-order valence-corrected chi connectivity index (χ0v) is 17.0. The van der Waals surface area contributed by atoms with E-state index in [-0.39, 0.29) is 5.91 Å². The first kappa shape index (κ1) is 20.0. The maximum atomic E-state index is 13.1. The largest absolute Gasteiger partial charge is 0.335 e. The van der Waals surface area contributed by atoms with E-state index in [1.807, 2.05) is 0 Å². The van der Waals surface area contributed by atoms with Crippen LogP contribution in [0.3, 0.4) is 0 Å². The molecule has 0 aromatic heterocycles. The Balaban J connectivity index is 0.000000701. The number of hydrogen-bond acceptors (Lipinski definition) is 1. The standard InChI is InChI=1S/C20H29NO.C3H8/c1-4-8-14(3)18(5-2)21-13-16-11-6-9-15-10-7-12-17(19(15)16)20(21)22;1-3-2/h7,10,12,14,16,18H,4-6,8-9,11,13H2,1-3H3;3H2,1-2H3. The van der Waals surface area contributed by atoms with Gasteiger partial charge in [-0.3, -0.25) is 4.79 Å². The second kappa shape index (κ2) is 9.40. The van der Waals surface area contributed by atoms with Crippen molar-refractivity contribution in [3.8, 4) is 0 Å². The van der Waals surface area contributed by atoms with E-state index in [2.05, 4.69) is 57.7 Å². The summed E-state index contributed by atoms with van der Waals surface area (Å²) in [6, 6.07) is 6.76. The fraction of sp³-hybridized carbons (Fsp3) is 0.696. The molecule has 2 nitrogen and oxygen atoms in total. The molecule has 1 aromatic carbocycles. The van der Waals surface area contributed by atoms with E-state index in [0.29, 0.717) is 17.9 Å². The van der Waals surface area contributed by atoms with E-state index in [1.165, 1.54) is 43.2 Å². The summed E-state index contributed by atoms with van der Waals surface area (Å²) in [5.41, 5.74) is 3.81. The molecular formula is C23H37NO. The Morgan fingerprint density at radius 1 is 1.20 bits per heavy atom. The monoisotopic (exact) mass is 343 g/mol. The van der Waals surface area contributed by atoms with Crippen LogP contribution in [0.5, 0.6) is 0 Å². The lowest BCUT2D eigenvalue weighted by Crippen LogP contribution is -2.49. The van der Waals surface area contributed by atoms with Gasteiger partial charge in [0.1, 0.15) is 0 Å². The average molecular weight is 344 g/mol. The van der Waals surface area contributed by atoms with Crippen LogP contribution in [0.25, 0.3) is 0 Å². The van der Waals surface area contributed by atoms with E-state index >= 15 is 0 Å². The van der Waals surface area contributed by atoms with E-state index in [0.717, 1.165) is 24.9 Å². The number of hydrogen-bond donors (Lipinski definition) is 0. The van der Waals surface area contributed by atoms with Crippen molar-refractivity contribution < 1.29 is 4.79 Å². The molecule has 2 aliphatic rings. The molecule has 3 rings (SSSR count). The third-order valence-electron chi connectivity index (χ3n) is 5.73. The molecule has 0 bridgehead atoms. The van der Waals surface area contributed by atoms with Crippen LogP contribution < -0.4 is 0 Å². The van der Waals surface area contributed by atoms with Gasteiger partial charge in [0, 0.05) is 24.1 Å². The van der Waals surface area contributed by atoms with Crippen LogP contribution >= 0.6 is 0 Å². The summed E-state index contributed by atoms with van der Waals surface area (Å²) in [5.74, 6) is 1.44. The molecule has 1 aliphatic heterocycles. The molecule has 0 spiro atoms. The number of carbonyl (C=O) groups excluding carboxylic acids is 1. The second-order valence-electron chi connectivity index (χ2n) is 7.87. The maximum absolute atomic E-state index is 13.1. The van der Waals surface area contributed by atoms with E-state index < -0.39 is 0 Å². The summed E-state index contributed by atoms with van der Waals surface area (Å²) >= 11 is 0. The van der Waals surface area contributed by atoms with Crippen LogP contribution in [0.15, 0.2) is 18.2 Å². The predicted molar refractivity (Wildman–Crippen MR) is 107 cm³/mol. The van der Waals surface area contributed by atoms with E-state index in [9.17, 15) is 4.79 Å². The normalized spacial score (nSPS) is 21.1. The van der Waals surface area contributed by atoms with Crippen molar-refractivity contribution in [3.05, 3.63) is 34.9 Å². The summed E-state index contributed by atoms with van der Waals surface area (Å²) in [7, 11) is 0. The molecule has 0 fully saturated rings. The van der Waals surface area contributed by atoms with Crippen LogP contribution in [0.4, 0.5) is 0 Å². The maximum Gasteiger partial charge on any atom is 0.254 e. The lowest BCUT2D eigenvalue weighted by atomic mass is 9.76. The molecule has 2 heteroatoms. The zero-order valence-electron chi connectivity index (χ0n) is 17.0. The number of nitrogens with zero attached hydrogens (tertiary/aromatic N) is 1. The molecule has 3 atom stereocenters. The summed E-state index contributed by atoms with van der Waals surface area (Å²) in [6.45, 7) is 12.0. The van der Waals surface area contributed by atoms with Gasteiger partial charge in [-0.2, -0.15) is 0 Å². The number of aryl methyl sites for hydroxylation is 1. The SMILES string of the molecule is CCC.CCCC(C)C(CC)N1CC2CCCc3cccc(c32)C1=O. The van der Waals surface area contributed by atoms with Gasteiger partial charge >= 0.3 is 0 Å². The summed E-state index contributed by atoms with van der Waals surface area (Å²) < 4.78 is 0. The van der Waals surface area contributed by atoms with Crippen molar-refractivity contribution in [2.45, 2.75) is 91.5 Å². The minimum Gasteiger partial charge on any atom is -0.335 e. The summed E-state index contributed by atoms with van der Waals surface area (Å²) in [5, 5.41) is 0. The van der Waals surface area contributed by atoms with Crippen LogP contribution in [0, 0.1) is 5.92 Å². The smallest absolute Gasteiger partial charge is 0.254 e. The Bertz CT molecular complexity index is 565. The first-order valence-corrected chi connectivity index (χ1v) is 10.5. The van der Waals surface area contributed by atoms with E-state index in [1.54, 1.807) is 0 Å². The molecule has 0 N–H and O–H groups in total. The molecule has 0 radical (unpaired) electrons. The third kappa shape index (κ3) is 4.27. The van der Waals surface area contributed by atoms with Crippen LogP contribution in [-0.4, -0.2) is 23.4 Å². The lowest BCUT2D eigenvalue weighted by Gasteiger charge is -2.43. The van der Waals surface area contributed by atoms with Gasteiger partial charge in [-0.25, -0.2) is 0 Å². The van der Waals surface area contributed by atoms with Crippen LogP contribution in [0.2, 0.25) is 0 Å². The Kier molecular flexibility index (Phi) is 7.53. The minimum absolute atomic E-state index is 0.282. The highest BCUT2D eigenvalue weighted by Crippen LogP contribution is 2.40.